The molecule has 0 aliphatic heterocycles. The number of carboxylic acid groups (broad SMARTS) is 1. The number of amides is 5. The number of aromatic amines is 2. The van der Waals surface area contributed by atoms with E-state index in [-0.39, 0.29) is 51.2 Å². The maximum Gasteiger partial charge on any atom is 0.339 e. The summed E-state index contributed by atoms with van der Waals surface area (Å²) in [6.45, 7) is 3.13. The highest BCUT2D eigenvalue weighted by Crippen LogP contribution is 2.40. The lowest BCUT2D eigenvalue weighted by molar-refractivity contribution is -0.117. The Bertz CT molecular complexity index is 2880. The van der Waals surface area contributed by atoms with Gasteiger partial charge in [0, 0.05) is 28.1 Å². The number of imidazole rings is 1. The molecule has 0 aliphatic rings. The number of aromatic carboxylic acids is 1. The molecule has 1 aromatic heterocycles. The van der Waals surface area contributed by atoms with Crippen LogP contribution in [0.15, 0.2) is 101 Å². The normalized spacial score (nSPS) is 11.5. The van der Waals surface area contributed by atoms with Gasteiger partial charge in [0.05, 0.1) is 42.2 Å². The van der Waals surface area contributed by atoms with Crippen LogP contribution in [0, 0.1) is 0 Å². The fraction of sp³-hybridized carbons (Fsp3) is 0.114. The van der Waals surface area contributed by atoms with Crippen molar-refractivity contribution in [3.63, 3.8) is 0 Å². The highest BCUT2D eigenvalue weighted by molar-refractivity contribution is 6.11. The summed E-state index contributed by atoms with van der Waals surface area (Å²) in [7, 11) is 2.37. The van der Waals surface area contributed by atoms with E-state index in [1.54, 1.807) is 43.3 Å². The number of carbonyl (C=O) groups excluding carboxylic acids is 5. The zero-order valence-corrected chi connectivity index (χ0v) is 33.8. The van der Waals surface area contributed by atoms with Crippen LogP contribution in [0.4, 0.5) is 22.7 Å². The van der Waals surface area contributed by atoms with E-state index in [2.05, 4.69) is 36.6 Å². The second-order valence-corrected chi connectivity index (χ2v) is 13.8. The molecule has 5 aromatic carbocycles. The van der Waals surface area contributed by atoms with E-state index in [1.807, 2.05) is 0 Å². The van der Waals surface area contributed by atoms with E-state index >= 15 is 0 Å². The van der Waals surface area contributed by atoms with Crippen LogP contribution in [0.25, 0.3) is 17.1 Å². The van der Waals surface area contributed by atoms with Gasteiger partial charge in [-0.2, -0.15) is 0 Å². The highest BCUT2D eigenvalue weighted by atomic mass is 16.5. The summed E-state index contributed by atoms with van der Waals surface area (Å²) in [5.41, 5.74) is 2.34. The van der Waals surface area contributed by atoms with Gasteiger partial charge in [0.25, 0.3) is 23.6 Å². The van der Waals surface area contributed by atoms with E-state index in [0.717, 1.165) is 13.2 Å². The lowest BCUT2D eigenvalue weighted by Gasteiger charge is -2.16. The summed E-state index contributed by atoms with van der Waals surface area (Å²) in [5.74, 6) is -6.32. The molecule has 0 spiro atoms. The first-order valence-electron chi connectivity index (χ1n) is 18.8. The number of aromatic hydroxyl groups is 2. The fourth-order valence-corrected chi connectivity index (χ4v) is 6.18. The Morgan fingerprint density at radius 3 is 1.75 bits per heavy atom. The molecule has 322 valence electrons. The monoisotopic (exact) mass is 857 g/mol. The number of carboxylic acids is 1. The minimum absolute atomic E-state index is 0.00444. The number of carbonyl (C=O) groups is 6. The number of nitrogens with one attached hydrogen (secondary N) is 7. The molecule has 19 nitrogen and oxygen atoms in total. The molecular formula is C44H39N7O12. The van der Waals surface area contributed by atoms with Crippen molar-refractivity contribution in [3.8, 4) is 23.0 Å². The number of hydrogen-bond donors (Lipinski definition) is 10. The third kappa shape index (κ3) is 9.95. The minimum atomic E-state index is -1.42. The van der Waals surface area contributed by atoms with Crippen molar-refractivity contribution in [3.05, 3.63) is 135 Å². The van der Waals surface area contributed by atoms with Gasteiger partial charge in [0.15, 0.2) is 23.0 Å². The number of anilines is 4. The Morgan fingerprint density at radius 2 is 1.16 bits per heavy atom. The van der Waals surface area contributed by atoms with Crippen molar-refractivity contribution in [1.29, 1.82) is 0 Å². The Labute approximate surface area is 356 Å². The Morgan fingerprint density at radius 1 is 0.635 bits per heavy atom. The van der Waals surface area contributed by atoms with Crippen molar-refractivity contribution in [2.45, 2.75) is 19.9 Å². The fourth-order valence-electron chi connectivity index (χ4n) is 6.18. The van der Waals surface area contributed by atoms with Crippen molar-refractivity contribution in [2.75, 3.05) is 35.5 Å². The molecule has 63 heavy (non-hydrogen) atoms. The van der Waals surface area contributed by atoms with E-state index in [1.165, 1.54) is 68.6 Å². The lowest BCUT2D eigenvalue weighted by Crippen LogP contribution is -2.41. The second-order valence-electron chi connectivity index (χ2n) is 13.8. The maximum atomic E-state index is 13.2. The summed E-state index contributed by atoms with van der Waals surface area (Å²) >= 11 is 0. The van der Waals surface area contributed by atoms with Crippen molar-refractivity contribution >= 4 is 75.4 Å². The van der Waals surface area contributed by atoms with Gasteiger partial charge in [-0.1, -0.05) is 6.07 Å². The SMILES string of the molecule is COc1c(NC(=O)c2ccc(NC(=O)c3ccc(NC(=O)[C@H](C)NC(=O)c4ccc(NC(=O)/C(C)=C/c5ccc6[nH]c(=O)[nH]c6c5)cc4)cc3)c(OC)c2O)ccc(C(=O)O)c1O. The van der Waals surface area contributed by atoms with Gasteiger partial charge in [0.2, 0.25) is 5.91 Å². The maximum absolute atomic E-state index is 13.2. The van der Waals surface area contributed by atoms with Gasteiger partial charge in [-0.25, -0.2) is 9.59 Å². The number of benzene rings is 5. The predicted molar refractivity (Wildman–Crippen MR) is 232 cm³/mol. The third-order valence-electron chi connectivity index (χ3n) is 9.48. The zero-order chi connectivity index (χ0) is 45.5. The molecule has 6 rings (SSSR count). The predicted octanol–water partition coefficient (Wildman–Crippen LogP) is 5.29. The Hall–Kier alpha value is -8.87. The minimum Gasteiger partial charge on any atom is -0.504 e. The van der Waals surface area contributed by atoms with E-state index in [4.69, 9.17) is 9.47 Å². The first-order valence-corrected chi connectivity index (χ1v) is 18.8. The van der Waals surface area contributed by atoms with Gasteiger partial charge in [0.1, 0.15) is 11.6 Å². The van der Waals surface area contributed by atoms with Gasteiger partial charge >= 0.3 is 11.7 Å². The van der Waals surface area contributed by atoms with Crippen LogP contribution in [-0.2, 0) is 9.59 Å². The van der Waals surface area contributed by atoms with E-state index < -0.39 is 52.7 Å². The average Bonchev–Trinajstić information content (AvgIpc) is 3.63. The van der Waals surface area contributed by atoms with Crippen LogP contribution >= 0.6 is 0 Å². The molecule has 0 saturated carbocycles. The molecule has 1 heterocycles. The quantitative estimate of drug-likeness (QED) is 0.0626. The number of aromatic nitrogens is 2. The molecule has 1 atom stereocenters. The zero-order valence-electron chi connectivity index (χ0n) is 33.8. The van der Waals surface area contributed by atoms with Crippen LogP contribution in [0.5, 0.6) is 23.0 Å². The average molecular weight is 858 g/mol. The van der Waals surface area contributed by atoms with Gasteiger partial charge in [-0.15, -0.1) is 0 Å². The van der Waals surface area contributed by atoms with Crippen LogP contribution in [0.1, 0.15) is 60.8 Å². The van der Waals surface area contributed by atoms with Gasteiger partial charge in [-0.05, 0) is 110 Å². The molecule has 0 aliphatic carbocycles. The molecule has 0 saturated heterocycles. The Balaban J connectivity index is 1.01. The number of ether oxygens (including phenoxy) is 2. The van der Waals surface area contributed by atoms with Crippen molar-refractivity contribution < 1.29 is 53.6 Å². The van der Waals surface area contributed by atoms with E-state index in [0.29, 0.717) is 33.5 Å². The van der Waals surface area contributed by atoms with Gasteiger partial charge in [-0.3, -0.25) is 24.0 Å². The second kappa shape index (κ2) is 18.6. The summed E-state index contributed by atoms with van der Waals surface area (Å²) in [5, 5.41) is 43.5. The van der Waals surface area contributed by atoms with Crippen LogP contribution in [-0.4, -0.2) is 81.1 Å². The number of methoxy groups -OCH3 is 2. The first-order chi connectivity index (χ1) is 30.1. The number of phenolic OH excluding ortho intramolecular Hbond substituents is 1. The van der Waals surface area contributed by atoms with E-state index in [9.17, 15) is 48.9 Å². The number of hydrogen-bond acceptors (Lipinski definition) is 11. The summed E-state index contributed by atoms with van der Waals surface area (Å²) in [4.78, 5) is 93.2. The molecule has 0 fully saturated rings. The standard InChI is InChI=1S/C44H39N7O12/c1-21(19-23-5-16-30-33(20-23)51-44(61)50-30)38(54)46-26-10-6-24(7-11-26)40(56)45-22(2)39(55)47-27-12-8-25(9-13-27)41(57)48-31-17-14-28(34(52)36(31)62-3)42(58)49-32-18-15-29(43(59)60)35(53)37(32)63-4/h5-20,22,52-53H,1-4H3,(H,45,56)(H,46,54)(H,47,55)(H,48,57)(H,49,58)(H,59,60)(H2,50,51,61)/b21-19+/t22-/m0/s1. The molecule has 0 unspecified atom stereocenters. The summed E-state index contributed by atoms with van der Waals surface area (Å²) in [6, 6.07) is 20.9. The Kier molecular flexibility index (Phi) is 12.9. The molecule has 10 N–H and O–H groups in total. The molecule has 6 aromatic rings. The molecular weight excluding hydrogens is 819 g/mol. The number of phenols is 2. The molecule has 0 bridgehead atoms. The molecule has 5 amide bonds. The van der Waals surface area contributed by atoms with Crippen LogP contribution < -0.4 is 41.7 Å². The lowest BCUT2D eigenvalue weighted by atomic mass is 10.1. The largest absolute Gasteiger partial charge is 0.504 e. The summed E-state index contributed by atoms with van der Waals surface area (Å²) in [6.07, 6.45) is 1.67. The first kappa shape index (κ1) is 43.7. The highest BCUT2D eigenvalue weighted by Gasteiger charge is 2.24. The third-order valence-corrected chi connectivity index (χ3v) is 9.48. The van der Waals surface area contributed by atoms with Gasteiger partial charge < -0.3 is 61.3 Å². The number of rotatable bonds is 14. The number of H-pyrrole nitrogens is 2. The molecule has 0 radical (unpaired) electrons. The molecule has 19 heteroatoms. The van der Waals surface area contributed by atoms with Crippen molar-refractivity contribution in [1.82, 2.24) is 15.3 Å². The topological polar surface area (TPSA) is 290 Å². The van der Waals surface area contributed by atoms with Crippen LogP contribution in [0.3, 0.4) is 0 Å². The summed E-state index contributed by atoms with van der Waals surface area (Å²) < 4.78 is 10.3. The smallest absolute Gasteiger partial charge is 0.339 e. The number of fused-ring (bicyclic) bond motifs is 1. The van der Waals surface area contributed by atoms with Crippen molar-refractivity contribution in [2.24, 2.45) is 0 Å². The van der Waals surface area contributed by atoms with Crippen LogP contribution in [0.2, 0.25) is 0 Å².